The molecule has 5 aliphatic rings. The van der Waals surface area contributed by atoms with Crippen molar-refractivity contribution in [3.05, 3.63) is 70.6 Å². The molecule has 5 fully saturated rings. The van der Waals surface area contributed by atoms with Crippen LogP contribution >= 0.6 is 11.6 Å². The molecule has 0 bridgehead atoms. The Morgan fingerprint density at radius 2 is 1.64 bits per heavy atom. The van der Waals surface area contributed by atoms with E-state index in [9.17, 15) is 38.9 Å². The van der Waals surface area contributed by atoms with Gasteiger partial charge in [-0.05, 0) is 146 Å². The molecule has 12 nitrogen and oxygen atoms in total. The average molecular weight is 934 g/mol. The first-order chi connectivity index (χ1) is 31.3. The molecule has 6 N–H and O–H groups in total. The molecule has 0 spiro atoms. The zero-order chi connectivity index (χ0) is 47.2. The van der Waals surface area contributed by atoms with Crippen LogP contribution in [-0.2, 0) is 25.5 Å². The number of hydrogen-bond donors (Lipinski definition) is 6. The second kappa shape index (κ2) is 19.5. The van der Waals surface area contributed by atoms with Crippen molar-refractivity contribution in [1.29, 1.82) is 0 Å². The second-order valence-corrected chi connectivity index (χ2v) is 22.0. The number of ether oxygens (including phenoxy) is 1. The van der Waals surface area contributed by atoms with Gasteiger partial charge in [-0.2, -0.15) is 0 Å². The lowest BCUT2D eigenvalue weighted by molar-refractivity contribution is -0.207. The summed E-state index contributed by atoms with van der Waals surface area (Å²) < 4.78 is 19.8. The normalized spacial score (nSPS) is 32.4. The number of aromatic nitrogens is 1. The lowest BCUT2D eigenvalue weighted by Gasteiger charge is -2.63. The maximum absolute atomic E-state index is 14.1. The summed E-state index contributed by atoms with van der Waals surface area (Å²) >= 11 is 6.15. The van der Waals surface area contributed by atoms with Crippen molar-refractivity contribution in [2.75, 3.05) is 13.1 Å². The fourth-order valence-corrected chi connectivity index (χ4v) is 13.8. The maximum Gasteiger partial charge on any atom is 0.329 e. The fourth-order valence-electron chi connectivity index (χ4n) is 13.6. The van der Waals surface area contributed by atoms with Gasteiger partial charge in [0.25, 0.3) is 5.91 Å². The summed E-state index contributed by atoms with van der Waals surface area (Å²) in [5.74, 6) is -1.03. The third-order valence-electron chi connectivity index (χ3n) is 17.4. The number of piperidine rings is 1. The molecule has 3 amide bonds. The van der Waals surface area contributed by atoms with E-state index in [0.29, 0.717) is 42.7 Å². The standard InChI is InChI=1S/C52H70ClFN4O8/c1-28(2)47(57-45(62)15-6-29(3)37-12-13-38-46-39(27-44(61)52(37,38)5)51(4)19-16-35(59)25-32(51)26-43(46)60)50(65)66-36-17-20-58(21-18-36)49(64)42(22-30-7-10-34(54)11-8-30)56-48(63)41-24-31-23-33(53)9-14-40(31)55-41/h7-11,14,23-24,28-29,32,35-39,42-44,46-47,55,59-61H,6,12-13,15-22,25-27H2,1-5H3,(H,56,63)(H,57,62)/t29-,32+,35-,37-,38?,39?,42+,43-,44+,46?,47+,51+,52-/m1/s1. The molecule has 3 aromatic rings. The van der Waals surface area contributed by atoms with Crippen LogP contribution in [0.4, 0.5) is 4.39 Å². The Labute approximate surface area is 393 Å². The van der Waals surface area contributed by atoms with Gasteiger partial charge in [0.1, 0.15) is 29.7 Å². The number of carbonyl (C=O) groups excluding carboxylic acids is 4. The summed E-state index contributed by atoms with van der Waals surface area (Å²) in [6.45, 7) is 11.0. The average Bonchev–Trinajstić information content (AvgIpc) is 3.87. The van der Waals surface area contributed by atoms with Gasteiger partial charge in [0.15, 0.2) is 0 Å². The van der Waals surface area contributed by atoms with Gasteiger partial charge in [0, 0.05) is 54.7 Å². The van der Waals surface area contributed by atoms with Crippen molar-refractivity contribution in [2.45, 2.75) is 148 Å². The predicted molar refractivity (Wildman–Crippen MR) is 250 cm³/mol. The summed E-state index contributed by atoms with van der Waals surface area (Å²) in [5.41, 5.74) is 1.30. The number of aliphatic hydroxyl groups is 3. The third kappa shape index (κ3) is 9.65. The lowest BCUT2D eigenvalue weighted by Crippen LogP contribution is -2.62. The Morgan fingerprint density at radius 3 is 2.35 bits per heavy atom. The molecule has 14 heteroatoms. The Morgan fingerprint density at radius 1 is 0.909 bits per heavy atom. The molecule has 4 saturated carbocycles. The molecule has 66 heavy (non-hydrogen) atoms. The molecule has 1 saturated heterocycles. The van der Waals surface area contributed by atoms with Gasteiger partial charge in [-0.1, -0.05) is 58.4 Å². The van der Waals surface area contributed by atoms with E-state index in [1.54, 1.807) is 41.3 Å². The van der Waals surface area contributed by atoms with E-state index in [2.05, 4.69) is 36.4 Å². The number of H-pyrrole nitrogens is 1. The minimum absolute atomic E-state index is 0.00535. The quantitative estimate of drug-likeness (QED) is 0.0963. The second-order valence-electron chi connectivity index (χ2n) is 21.6. The lowest BCUT2D eigenvalue weighted by atomic mass is 9.43. The van der Waals surface area contributed by atoms with Crippen molar-refractivity contribution in [2.24, 2.45) is 52.3 Å². The van der Waals surface area contributed by atoms with E-state index in [4.69, 9.17) is 16.3 Å². The Bertz CT molecular complexity index is 2250. The van der Waals surface area contributed by atoms with E-state index in [1.165, 1.54) is 12.1 Å². The van der Waals surface area contributed by atoms with Crippen molar-refractivity contribution in [3.8, 4) is 0 Å². The Balaban J connectivity index is 0.835. The number of nitrogens with zero attached hydrogens (tertiary/aromatic N) is 1. The number of hydrogen-bond acceptors (Lipinski definition) is 8. The molecule has 360 valence electrons. The molecule has 4 aliphatic carbocycles. The molecule has 3 unspecified atom stereocenters. The highest BCUT2D eigenvalue weighted by atomic mass is 35.5. The zero-order valence-electron chi connectivity index (χ0n) is 39.1. The highest BCUT2D eigenvalue weighted by molar-refractivity contribution is 6.31. The number of rotatable bonds is 13. The van der Waals surface area contributed by atoms with Gasteiger partial charge in [-0.15, -0.1) is 0 Å². The largest absolute Gasteiger partial charge is 0.461 e. The van der Waals surface area contributed by atoms with Gasteiger partial charge in [-0.25, -0.2) is 9.18 Å². The van der Waals surface area contributed by atoms with Crippen molar-refractivity contribution >= 4 is 46.2 Å². The third-order valence-corrected chi connectivity index (χ3v) is 17.6. The van der Waals surface area contributed by atoms with E-state index in [-0.39, 0.29) is 102 Å². The molecule has 1 aliphatic heterocycles. The summed E-state index contributed by atoms with van der Waals surface area (Å²) in [5, 5.41) is 41.3. The molecular weight excluding hydrogens is 863 g/mol. The minimum atomic E-state index is -0.951. The number of halogens is 2. The first-order valence-electron chi connectivity index (χ1n) is 24.5. The van der Waals surface area contributed by atoms with Crippen LogP contribution < -0.4 is 10.6 Å². The summed E-state index contributed by atoms with van der Waals surface area (Å²) in [7, 11) is 0. The van der Waals surface area contributed by atoms with Gasteiger partial charge in [-0.3, -0.25) is 14.4 Å². The molecule has 0 radical (unpaired) electrons. The van der Waals surface area contributed by atoms with E-state index >= 15 is 0 Å². The van der Waals surface area contributed by atoms with Crippen LogP contribution in [0.2, 0.25) is 5.02 Å². The SMILES string of the molecule is CC(C)[C@H](NC(=O)CC[C@@H](C)[C@H]1CCC2C3C(C[C@H](O)[C@@]21C)[C@@]1(C)CC[C@@H](O)C[C@H]1C[C@H]3O)C(=O)OC1CCN(C(=O)[C@H](Cc2ccc(F)cc2)NC(=O)c2cc3cc(Cl)ccc3[nH]2)CC1. The number of amides is 3. The number of carbonyl (C=O) groups is 4. The topological polar surface area (TPSA) is 181 Å². The van der Waals surface area contributed by atoms with Crippen molar-refractivity contribution < 1.29 is 43.6 Å². The van der Waals surface area contributed by atoms with Crippen LogP contribution in [0, 0.1) is 58.1 Å². The number of esters is 1. The smallest absolute Gasteiger partial charge is 0.329 e. The van der Waals surface area contributed by atoms with Crippen LogP contribution in [0.25, 0.3) is 10.9 Å². The van der Waals surface area contributed by atoms with Crippen molar-refractivity contribution in [3.63, 3.8) is 0 Å². The van der Waals surface area contributed by atoms with E-state index < -0.39 is 48.1 Å². The zero-order valence-corrected chi connectivity index (χ0v) is 39.9. The van der Waals surface area contributed by atoms with Gasteiger partial charge < -0.3 is 40.6 Å². The minimum Gasteiger partial charge on any atom is -0.461 e. The first-order valence-corrected chi connectivity index (χ1v) is 24.9. The number of aromatic amines is 1. The number of nitrogens with one attached hydrogen (secondary N) is 3. The number of fused-ring (bicyclic) bond motifs is 6. The van der Waals surface area contributed by atoms with Crippen LogP contribution in [0.5, 0.6) is 0 Å². The van der Waals surface area contributed by atoms with Crippen molar-refractivity contribution in [1.82, 2.24) is 20.5 Å². The highest BCUT2D eigenvalue weighted by Gasteiger charge is 2.65. The van der Waals surface area contributed by atoms with Crippen LogP contribution in [0.1, 0.15) is 121 Å². The monoisotopic (exact) mass is 932 g/mol. The van der Waals surface area contributed by atoms with Gasteiger partial charge >= 0.3 is 5.97 Å². The molecule has 13 atom stereocenters. The number of benzene rings is 2. The first kappa shape index (κ1) is 48.4. The summed E-state index contributed by atoms with van der Waals surface area (Å²) in [4.78, 5) is 59.5. The van der Waals surface area contributed by atoms with Gasteiger partial charge in [0.2, 0.25) is 11.8 Å². The Hall–Kier alpha value is -4.04. The predicted octanol–water partition coefficient (Wildman–Crippen LogP) is 7.35. The van der Waals surface area contributed by atoms with Crippen LogP contribution in [0.15, 0.2) is 48.5 Å². The molecular formula is C52H70ClFN4O8. The summed E-state index contributed by atoms with van der Waals surface area (Å²) in [6.07, 6.45) is 5.68. The molecule has 8 rings (SSSR count). The Kier molecular flexibility index (Phi) is 14.3. The number of likely N-dealkylation sites (tertiary alicyclic amines) is 1. The van der Waals surface area contributed by atoms with Crippen LogP contribution in [0.3, 0.4) is 0 Å². The van der Waals surface area contributed by atoms with E-state index in [0.717, 1.165) is 43.0 Å². The van der Waals surface area contributed by atoms with E-state index in [1.807, 2.05) is 13.8 Å². The number of aliphatic hydroxyl groups excluding tert-OH is 3. The highest BCUT2D eigenvalue weighted by Crippen LogP contribution is 2.68. The fraction of sp³-hybridized carbons (Fsp3) is 0.654. The molecule has 2 aromatic carbocycles. The molecule has 1 aromatic heterocycles. The maximum atomic E-state index is 14.1. The van der Waals surface area contributed by atoms with Gasteiger partial charge in [0.05, 0.1) is 18.3 Å². The summed E-state index contributed by atoms with van der Waals surface area (Å²) in [6, 6.07) is 10.9. The van der Waals surface area contributed by atoms with Crippen LogP contribution in [-0.4, -0.2) is 98.5 Å². The molecule has 2 heterocycles.